The first-order chi connectivity index (χ1) is 12.0. The SMILES string of the molecule is NC(=O)CO/N=C(\C(=O)Sc1nc2ccccc2s1)c1csc(N)n1. The van der Waals surface area contributed by atoms with Crippen molar-refractivity contribution in [3.8, 4) is 0 Å². The van der Waals surface area contributed by atoms with E-state index in [-0.39, 0.29) is 16.5 Å². The van der Waals surface area contributed by atoms with Gasteiger partial charge >= 0.3 is 0 Å². The highest BCUT2D eigenvalue weighted by molar-refractivity contribution is 8.16. The van der Waals surface area contributed by atoms with E-state index in [1.54, 1.807) is 5.38 Å². The summed E-state index contributed by atoms with van der Waals surface area (Å²) in [6.45, 7) is -0.442. The lowest BCUT2D eigenvalue weighted by atomic mass is 10.3. The lowest BCUT2D eigenvalue weighted by molar-refractivity contribution is -0.122. The number of carbonyl (C=O) groups is 2. The molecule has 0 aliphatic carbocycles. The van der Waals surface area contributed by atoms with Gasteiger partial charge in [-0.05, 0) is 23.9 Å². The third-order valence-corrected chi connectivity index (χ3v) is 5.42. The highest BCUT2D eigenvalue weighted by Crippen LogP contribution is 2.30. The topological polar surface area (TPSA) is 134 Å². The van der Waals surface area contributed by atoms with Crippen LogP contribution < -0.4 is 11.5 Å². The molecular formula is C14H11N5O3S3. The number of fused-ring (bicyclic) bond motifs is 1. The van der Waals surface area contributed by atoms with Crippen LogP contribution in [0.3, 0.4) is 0 Å². The number of aromatic nitrogens is 2. The quantitative estimate of drug-likeness (QED) is 0.371. The van der Waals surface area contributed by atoms with Crippen LogP contribution in [-0.4, -0.2) is 33.3 Å². The lowest BCUT2D eigenvalue weighted by Gasteiger charge is -2.01. The minimum atomic E-state index is -0.702. The largest absolute Gasteiger partial charge is 0.385 e. The molecule has 8 nitrogen and oxygen atoms in total. The molecule has 0 fully saturated rings. The van der Waals surface area contributed by atoms with Gasteiger partial charge < -0.3 is 16.3 Å². The van der Waals surface area contributed by atoms with Crippen molar-refractivity contribution in [2.75, 3.05) is 12.3 Å². The van der Waals surface area contributed by atoms with E-state index < -0.39 is 17.6 Å². The number of hydrogen-bond donors (Lipinski definition) is 2. The van der Waals surface area contributed by atoms with E-state index in [0.717, 1.165) is 33.3 Å². The van der Waals surface area contributed by atoms with Crippen LogP contribution in [0.15, 0.2) is 39.1 Å². The molecular weight excluding hydrogens is 382 g/mol. The number of nitrogens with two attached hydrogens (primary N) is 2. The molecule has 0 aliphatic heterocycles. The molecule has 0 radical (unpaired) electrons. The van der Waals surface area contributed by atoms with Crippen LogP contribution >= 0.6 is 34.4 Å². The second-order valence-corrected chi connectivity index (χ2v) is 7.73. The molecule has 0 aliphatic rings. The summed E-state index contributed by atoms with van der Waals surface area (Å²) in [5.41, 5.74) is 11.6. The van der Waals surface area contributed by atoms with Crippen molar-refractivity contribution in [1.29, 1.82) is 0 Å². The molecule has 4 N–H and O–H groups in total. The van der Waals surface area contributed by atoms with Gasteiger partial charge in [0.15, 0.2) is 21.8 Å². The number of rotatable bonds is 6. The van der Waals surface area contributed by atoms with Crippen molar-refractivity contribution in [2.24, 2.45) is 10.9 Å². The minimum Gasteiger partial charge on any atom is -0.385 e. The van der Waals surface area contributed by atoms with E-state index in [9.17, 15) is 9.59 Å². The van der Waals surface area contributed by atoms with E-state index in [2.05, 4.69) is 15.1 Å². The van der Waals surface area contributed by atoms with Gasteiger partial charge in [-0.3, -0.25) is 9.59 Å². The van der Waals surface area contributed by atoms with Crippen LogP contribution in [0.4, 0.5) is 5.13 Å². The summed E-state index contributed by atoms with van der Waals surface area (Å²) in [6, 6.07) is 7.57. The molecule has 0 atom stereocenters. The fourth-order valence-corrected chi connectivity index (χ4v) is 4.22. The summed E-state index contributed by atoms with van der Waals surface area (Å²) < 4.78 is 1.54. The fourth-order valence-electron chi connectivity index (χ4n) is 1.77. The summed E-state index contributed by atoms with van der Waals surface area (Å²) in [7, 11) is 0. The van der Waals surface area contributed by atoms with Crippen LogP contribution in [0.5, 0.6) is 0 Å². The molecule has 3 rings (SSSR count). The number of thioether (sulfide) groups is 1. The highest BCUT2D eigenvalue weighted by atomic mass is 32.2. The first-order valence-electron chi connectivity index (χ1n) is 6.80. The van der Waals surface area contributed by atoms with Gasteiger partial charge in [-0.1, -0.05) is 17.3 Å². The van der Waals surface area contributed by atoms with Crippen molar-refractivity contribution < 1.29 is 14.4 Å². The summed E-state index contributed by atoms with van der Waals surface area (Å²) in [5.74, 6) is -0.702. The standard InChI is InChI=1S/C14H11N5O3S3/c15-10(20)5-22-19-11(8-6-23-13(16)17-8)12(21)25-14-18-7-3-1-2-4-9(7)24-14/h1-4,6H,5H2,(H2,15,20)(H2,16,17)/b19-11-. The zero-order chi connectivity index (χ0) is 17.8. The summed E-state index contributed by atoms with van der Waals surface area (Å²) in [5, 5.41) is 5.16. The first-order valence-corrected chi connectivity index (χ1v) is 9.31. The van der Waals surface area contributed by atoms with Gasteiger partial charge in [-0.15, -0.1) is 22.7 Å². The van der Waals surface area contributed by atoms with Gasteiger partial charge in [0, 0.05) is 5.38 Å². The number of carbonyl (C=O) groups excluding carboxylic acids is 2. The average molecular weight is 393 g/mol. The van der Waals surface area contributed by atoms with Crippen LogP contribution in [-0.2, 0) is 14.4 Å². The molecule has 2 aromatic heterocycles. The van der Waals surface area contributed by atoms with Gasteiger partial charge in [-0.2, -0.15) is 0 Å². The van der Waals surface area contributed by atoms with Gasteiger partial charge in [0.25, 0.3) is 5.91 Å². The molecule has 0 spiro atoms. The molecule has 128 valence electrons. The number of nitrogens with zero attached hydrogens (tertiary/aromatic N) is 3. The summed E-state index contributed by atoms with van der Waals surface area (Å²) in [6.07, 6.45) is 0. The fraction of sp³-hybridized carbons (Fsp3) is 0.0714. The van der Waals surface area contributed by atoms with E-state index in [4.69, 9.17) is 16.3 Å². The maximum atomic E-state index is 12.6. The molecule has 11 heteroatoms. The van der Waals surface area contributed by atoms with Crippen LogP contribution in [0, 0.1) is 0 Å². The Hall–Kier alpha value is -2.50. The van der Waals surface area contributed by atoms with E-state index in [1.165, 1.54) is 11.3 Å². The molecule has 0 bridgehead atoms. The molecule has 2 heterocycles. The lowest BCUT2D eigenvalue weighted by Crippen LogP contribution is -2.19. The van der Waals surface area contributed by atoms with Crippen LogP contribution in [0.2, 0.25) is 0 Å². The van der Waals surface area contributed by atoms with Crippen molar-refractivity contribution in [3.05, 3.63) is 35.3 Å². The van der Waals surface area contributed by atoms with Gasteiger partial charge in [-0.25, -0.2) is 9.97 Å². The molecule has 3 aromatic rings. The predicted octanol–water partition coefficient (Wildman–Crippen LogP) is 1.86. The van der Waals surface area contributed by atoms with Crippen LogP contribution in [0.25, 0.3) is 10.2 Å². The Bertz CT molecular complexity index is 932. The van der Waals surface area contributed by atoms with E-state index >= 15 is 0 Å². The molecule has 1 amide bonds. The summed E-state index contributed by atoms with van der Waals surface area (Å²) >= 11 is 3.46. The molecule has 25 heavy (non-hydrogen) atoms. The predicted molar refractivity (Wildman–Crippen MR) is 98.7 cm³/mol. The number of para-hydroxylation sites is 1. The van der Waals surface area contributed by atoms with E-state index in [0.29, 0.717) is 4.34 Å². The summed E-state index contributed by atoms with van der Waals surface area (Å²) in [4.78, 5) is 36.6. The Balaban J connectivity index is 1.83. The number of anilines is 1. The second kappa shape index (κ2) is 7.59. The van der Waals surface area contributed by atoms with Crippen molar-refractivity contribution in [2.45, 2.75) is 4.34 Å². The van der Waals surface area contributed by atoms with Gasteiger partial charge in [0.05, 0.1) is 10.2 Å². The molecule has 0 unspecified atom stereocenters. The third kappa shape index (κ3) is 4.32. The van der Waals surface area contributed by atoms with E-state index in [1.807, 2.05) is 24.3 Å². The number of primary amides is 1. The first kappa shape index (κ1) is 17.3. The Labute approximate surface area is 153 Å². The number of amides is 1. The number of benzene rings is 1. The van der Waals surface area contributed by atoms with Crippen LogP contribution in [0.1, 0.15) is 5.69 Å². The van der Waals surface area contributed by atoms with Crippen molar-refractivity contribution in [1.82, 2.24) is 9.97 Å². The molecule has 0 saturated carbocycles. The van der Waals surface area contributed by atoms with Crippen molar-refractivity contribution >= 4 is 66.5 Å². The molecule has 1 aromatic carbocycles. The van der Waals surface area contributed by atoms with Gasteiger partial charge in [0.1, 0.15) is 5.69 Å². The second-order valence-electron chi connectivity index (χ2n) is 4.59. The normalized spacial score (nSPS) is 11.6. The van der Waals surface area contributed by atoms with Gasteiger partial charge in [0.2, 0.25) is 5.12 Å². The Morgan fingerprint density at radius 3 is 2.76 bits per heavy atom. The monoisotopic (exact) mass is 393 g/mol. The highest BCUT2D eigenvalue weighted by Gasteiger charge is 2.21. The maximum absolute atomic E-state index is 12.6. The number of oxime groups is 1. The zero-order valence-electron chi connectivity index (χ0n) is 12.5. The maximum Gasteiger partial charge on any atom is 0.258 e. The zero-order valence-corrected chi connectivity index (χ0v) is 15.0. The number of hydrogen-bond acceptors (Lipinski definition) is 10. The average Bonchev–Trinajstić information content (AvgIpc) is 3.16. The molecule has 0 saturated heterocycles. The smallest absolute Gasteiger partial charge is 0.258 e. The minimum absolute atomic E-state index is 0.0570. The van der Waals surface area contributed by atoms with Crippen molar-refractivity contribution in [3.63, 3.8) is 0 Å². The third-order valence-electron chi connectivity index (χ3n) is 2.77. The number of nitrogen functional groups attached to an aromatic ring is 1. The Kier molecular flexibility index (Phi) is 5.26. The number of thiazole rings is 2. The Morgan fingerprint density at radius 1 is 1.28 bits per heavy atom. The Morgan fingerprint density at radius 2 is 2.08 bits per heavy atom.